The first-order chi connectivity index (χ1) is 12.1. The number of anilines is 1. The van der Waals surface area contributed by atoms with Gasteiger partial charge < -0.3 is 10.5 Å². The quantitative estimate of drug-likeness (QED) is 0.851. The third-order valence-corrected chi connectivity index (χ3v) is 3.65. The first-order valence-electron chi connectivity index (χ1n) is 7.73. The van der Waals surface area contributed by atoms with Gasteiger partial charge in [0.25, 0.3) is 11.8 Å². The lowest BCUT2D eigenvalue weighted by Crippen LogP contribution is -2.21. The van der Waals surface area contributed by atoms with Crippen molar-refractivity contribution >= 4 is 29.3 Å². The second-order valence-electron chi connectivity index (χ2n) is 5.49. The van der Waals surface area contributed by atoms with Crippen LogP contribution in [0.3, 0.4) is 0 Å². The van der Waals surface area contributed by atoms with Crippen molar-refractivity contribution in [1.29, 1.82) is 0 Å². The van der Waals surface area contributed by atoms with Crippen molar-refractivity contribution in [2.75, 3.05) is 11.6 Å². The van der Waals surface area contributed by atoms with Crippen LogP contribution in [0.15, 0.2) is 65.3 Å². The Bertz CT molecular complexity index is 872. The molecular weight excluding hydrogens is 318 g/mol. The number of hydrogen-bond donors (Lipinski definition) is 1. The predicted molar refractivity (Wildman–Crippen MR) is 96.1 cm³/mol. The molecule has 0 saturated carbocycles. The van der Waals surface area contributed by atoms with E-state index < -0.39 is 5.91 Å². The Hall–Kier alpha value is -3.41. The Morgan fingerprint density at radius 1 is 1.16 bits per heavy atom. The number of hydrogen-bond acceptors (Lipinski definition) is 4. The molecule has 0 saturated heterocycles. The van der Waals surface area contributed by atoms with Crippen LogP contribution in [0.25, 0.3) is 6.08 Å². The molecule has 0 atom stereocenters. The molecule has 2 aromatic carbocycles. The molecule has 0 radical (unpaired) electrons. The monoisotopic (exact) mass is 335 g/mol. The zero-order valence-electron chi connectivity index (χ0n) is 13.7. The van der Waals surface area contributed by atoms with Crippen molar-refractivity contribution in [1.82, 2.24) is 0 Å². The molecule has 126 valence electrons. The number of ether oxygens (including phenoxy) is 1. The Morgan fingerprint density at radius 2 is 1.84 bits per heavy atom. The van der Waals surface area contributed by atoms with E-state index in [4.69, 9.17) is 10.5 Å². The lowest BCUT2D eigenvalue weighted by Gasteiger charge is -2.11. The molecule has 0 unspecified atom stereocenters. The number of rotatable bonds is 5. The minimum Gasteiger partial charge on any atom is -0.483 e. The van der Waals surface area contributed by atoms with Gasteiger partial charge in [0.15, 0.2) is 6.61 Å². The summed E-state index contributed by atoms with van der Waals surface area (Å²) in [6, 6.07) is 16.3. The molecule has 6 nitrogen and oxygen atoms in total. The molecule has 2 aromatic rings. The summed E-state index contributed by atoms with van der Waals surface area (Å²) in [5, 5.41) is 5.71. The average Bonchev–Trinajstić information content (AvgIpc) is 2.90. The summed E-state index contributed by atoms with van der Waals surface area (Å²) in [4.78, 5) is 23.7. The van der Waals surface area contributed by atoms with Crippen LogP contribution in [0, 0.1) is 0 Å². The maximum absolute atomic E-state index is 12.7. The predicted octanol–water partition coefficient (Wildman–Crippen LogP) is 2.36. The van der Waals surface area contributed by atoms with Gasteiger partial charge in [-0.15, -0.1) is 0 Å². The zero-order chi connectivity index (χ0) is 17.8. The van der Waals surface area contributed by atoms with Crippen LogP contribution < -0.4 is 15.5 Å². The number of nitrogens with zero attached hydrogens (tertiary/aromatic N) is 2. The van der Waals surface area contributed by atoms with Gasteiger partial charge in [0.05, 0.1) is 17.0 Å². The van der Waals surface area contributed by atoms with Gasteiger partial charge in [0.2, 0.25) is 0 Å². The van der Waals surface area contributed by atoms with E-state index in [-0.39, 0.29) is 12.5 Å². The molecule has 1 aliphatic rings. The number of carbonyl (C=O) groups is 2. The summed E-state index contributed by atoms with van der Waals surface area (Å²) in [7, 11) is 0. The fourth-order valence-electron chi connectivity index (χ4n) is 2.46. The first kappa shape index (κ1) is 16.4. The lowest BCUT2D eigenvalue weighted by atomic mass is 10.1. The minimum absolute atomic E-state index is 0.214. The molecule has 0 aromatic heterocycles. The molecule has 6 heteroatoms. The molecule has 1 aliphatic heterocycles. The lowest BCUT2D eigenvalue weighted by molar-refractivity contribution is -0.120. The van der Waals surface area contributed by atoms with E-state index in [9.17, 15) is 9.59 Å². The zero-order valence-corrected chi connectivity index (χ0v) is 13.7. The smallest absolute Gasteiger partial charge is 0.280 e. The summed E-state index contributed by atoms with van der Waals surface area (Å²) in [5.41, 5.74) is 7.58. The molecule has 1 heterocycles. The van der Waals surface area contributed by atoms with Crippen molar-refractivity contribution in [3.05, 3.63) is 65.7 Å². The third kappa shape index (κ3) is 3.58. The highest BCUT2D eigenvalue weighted by Gasteiger charge is 2.28. The molecule has 0 fully saturated rings. The number of benzene rings is 2. The van der Waals surface area contributed by atoms with Gasteiger partial charge in [-0.3, -0.25) is 9.59 Å². The highest BCUT2D eigenvalue weighted by atomic mass is 16.5. The average molecular weight is 335 g/mol. The molecule has 2 N–H and O–H groups in total. The van der Waals surface area contributed by atoms with E-state index in [0.29, 0.717) is 28.3 Å². The molecule has 3 rings (SSSR count). The van der Waals surface area contributed by atoms with Gasteiger partial charge in [0.1, 0.15) is 5.75 Å². The van der Waals surface area contributed by atoms with Crippen LogP contribution in [0.5, 0.6) is 5.75 Å². The van der Waals surface area contributed by atoms with Gasteiger partial charge in [0, 0.05) is 5.56 Å². The molecular formula is C19H17N3O3. The summed E-state index contributed by atoms with van der Waals surface area (Å²) >= 11 is 0. The van der Waals surface area contributed by atoms with E-state index in [1.165, 1.54) is 5.01 Å². The van der Waals surface area contributed by atoms with E-state index in [0.717, 1.165) is 0 Å². The van der Waals surface area contributed by atoms with Gasteiger partial charge in [-0.05, 0) is 31.2 Å². The van der Waals surface area contributed by atoms with E-state index in [1.807, 2.05) is 36.4 Å². The number of amides is 2. The Labute approximate surface area is 145 Å². The molecule has 25 heavy (non-hydrogen) atoms. The largest absolute Gasteiger partial charge is 0.483 e. The van der Waals surface area contributed by atoms with Gasteiger partial charge in [-0.1, -0.05) is 36.4 Å². The van der Waals surface area contributed by atoms with Gasteiger partial charge in [-0.2, -0.15) is 10.1 Å². The van der Waals surface area contributed by atoms with E-state index in [2.05, 4.69) is 5.10 Å². The topological polar surface area (TPSA) is 85.0 Å². The Kier molecular flexibility index (Phi) is 4.61. The minimum atomic E-state index is -0.563. The third-order valence-electron chi connectivity index (χ3n) is 3.65. The number of carbonyl (C=O) groups excluding carboxylic acids is 2. The molecule has 2 amide bonds. The fraction of sp³-hybridized carbons (Fsp3) is 0.105. The van der Waals surface area contributed by atoms with E-state index >= 15 is 0 Å². The van der Waals surface area contributed by atoms with Gasteiger partial charge in [-0.25, -0.2) is 0 Å². The van der Waals surface area contributed by atoms with Crippen molar-refractivity contribution in [2.24, 2.45) is 10.8 Å². The maximum Gasteiger partial charge on any atom is 0.280 e. The summed E-state index contributed by atoms with van der Waals surface area (Å²) < 4.78 is 5.41. The second-order valence-corrected chi connectivity index (χ2v) is 5.49. The number of para-hydroxylation sites is 2. The first-order valence-corrected chi connectivity index (χ1v) is 7.73. The van der Waals surface area contributed by atoms with Crippen LogP contribution in [-0.2, 0) is 9.59 Å². The fourth-order valence-corrected chi connectivity index (χ4v) is 2.46. The SMILES string of the molecule is CC1=NN(c2ccccc2)C(=O)/C1=C\c1ccccc1OCC(N)=O. The maximum atomic E-state index is 12.7. The van der Waals surface area contributed by atoms with Crippen LogP contribution >= 0.6 is 0 Å². The highest BCUT2D eigenvalue weighted by Crippen LogP contribution is 2.27. The second kappa shape index (κ2) is 7.00. The summed E-state index contributed by atoms with van der Waals surface area (Å²) in [6.07, 6.45) is 1.71. The van der Waals surface area contributed by atoms with Crippen LogP contribution in [0.4, 0.5) is 5.69 Å². The molecule has 0 bridgehead atoms. The molecule has 0 spiro atoms. The normalized spacial score (nSPS) is 15.4. The van der Waals surface area contributed by atoms with Crippen molar-refractivity contribution in [3.63, 3.8) is 0 Å². The highest BCUT2D eigenvalue weighted by molar-refractivity contribution is 6.32. The molecule has 0 aliphatic carbocycles. The standard InChI is InChI=1S/C19H17N3O3/c1-13-16(19(24)22(21-13)15-8-3-2-4-9-15)11-14-7-5-6-10-17(14)25-12-18(20)23/h2-11H,12H2,1H3,(H2,20,23)/b16-11-. The Morgan fingerprint density at radius 3 is 2.56 bits per heavy atom. The van der Waals surface area contributed by atoms with Crippen molar-refractivity contribution < 1.29 is 14.3 Å². The number of nitrogens with two attached hydrogens (primary N) is 1. The van der Waals surface area contributed by atoms with Gasteiger partial charge >= 0.3 is 0 Å². The van der Waals surface area contributed by atoms with Crippen molar-refractivity contribution in [3.8, 4) is 5.75 Å². The summed E-state index contributed by atoms with van der Waals surface area (Å²) in [6.45, 7) is 1.55. The number of primary amides is 1. The van der Waals surface area contributed by atoms with Crippen LogP contribution in [0.1, 0.15) is 12.5 Å². The van der Waals surface area contributed by atoms with Crippen LogP contribution in [0.2, 0.25) is 0 Å². The van der Waals surface area contributed by atoms with Crippen LogP contribution in [-0.4, -0.2) is 24.1 Å². The summed E-state index contributed by atoms with van der Waals surface area (Å²) in [5.74, 6) is -0.298. The number of hydrazone groups is 1. The van der Waals surface area contributed by atoms with Crippen molar-refractivity contribution in [2.45, 2.75) is 6.92 Å². The van der Waals surface area contributed by atoms with E-state index in [1.54, 1.807) is 31.2 Å². The Balaban J connectivity index is 1.91.